The van der Waals surface area contributed by atoms with Crippen LogP contribution in [0.1, 0.15) is 5.56 Å². The number of rotatable bonds is 7. The first kappa shape index (κ1) is 16.1. The number of methoxy groups -OCH3 is 1. The third-order valence-corrected chi connectivity index (χ3v) is 2.83. The average molecular weight is 284 g/mol. The van der Waals surface area contributed by atoms with Gasteiger partial charge in [-0.05, 0) is 12.0 Å². The molecule has 1 aromatic rings. The van der Waals surface area contributed by atoms with E-state index in [1.807, 2.05) is 0 Å². The molecule has 0 fully saturated rings. The Balaban J connectivity index is 2.83. The Morgan fingerprint density at radius 1 is 1.25 bits per heavy atom. The van der Waals surface area contributed by atoms with E-state index < -0.39 is 24.0 Å². The number of ether oxygens (including phenoxy) is 1. The van der Waals surface area contributed by atoms with Crippen molar-refractivity contribution >= 4 is 17.6 Å². The molecule has 0 saturated carbocycles. The molecule has 1 unspecified atom stereocenters. The SMILES string of the molecule is CO[NH2+]c1ccc(C[C@@H](C(=O)OC)C(O)C(=O)O)cc1. The number of carbonyl (C=O) groups is 2. The maximum absolute atomic E-state index is 11.6. The Kier molecular flexibility index (Phi) is 6.10. The molecule has 0 bridgehead atoms. The van der Waals surface area contributed by atoms with Gasteiger partial charge in [-0.2, -0.15) is 5.48 Å². The molecule has 20 heavy (non-hydrogen) atoms. The first-order chi connectivity index (χ1) is 9.49. The fraction of sp³-hybridized carbons (Fsp3) is 0.385. The molecule has 0 aromatic heterocycles. The van der Waals surface area contributed by atoms with Crippen molar-refractivity contribution in [3.8, 4) is 0 Å². The van der Waals surface area contributed by atoms with Gasteiger partial charge in [0.15, 0.2) is 11.8 Å². The summed E-state index contributed by atoms with van der Waals surface area (Å²) in [6.45, 7) is 0. The molecule has 110 valence electrons. The van der Waals surface area contributed by atoms with Gasteiger partial charge < -0.3 is 14.9 Å². The lowest BCUT2D eigenvalue weighted by molar-refractivity contribution is -0.830. The molecule has 0 radical (unpaired) electrons. The summed E-state index contributed by atoms with van der Waals surface area (Å²) in [4.78, 5) is 27.2. The van der Waals surface area contributed by atoms with E-state index in [1.165, 1.54) is 7.11 Å². The van der Waals surface area contributed by atoms with Gasteiger partial charge in [0.25, 0.3) is 0 Å². The van der Waals surface area contributed by atoms with Crippen LogP contribution < -0.4 is 5.48 Å². The Morgan fingerprint density at radius 3 is 2.30 bits per heavy atom. The highest BCUT2D eigenvalue weighted by atomic mass is 16.6. The summed E-state index contributed by atoms with van der Waals surface area (Å²) < 4.78 is 4.53. The number of aliphatic hydroxyl groups is 1. The van der Waals surface area contributed by atoms with Crippen LogP contribution in [-0.2, 0) is 25.6 Å². The third kappa shape index (κ3) is 4.30. The number of nitrogens with two attached hydrogens (primary N) is 1. The highest BCUT2D eigenvalue weighted by Crippen LogP contribution is 2.16. The van der Waals surface area contributed by atoms with Gasteiger partial charge in [0.1, 0.15) is 0 Å². The maximum Gasteiger partial charge on any atom is 0.333 e. The van der Waals surface area contributed by atoms with Crippen LogP contribution in [0.2, 0.25) is 0 Å². The number of esters is 1. The van der Waals surface area contributed by atoms with Crippen molar-refractivity contribution < 1.29 is 34.9 Å². The number of carboxylic acids is 1. The molecule has 0 aliphatic heterocycles. The minimum Gasteiger partial charge on any atom is -0.479 e. The van der Waals surface area contributed by atoms with E-state index in [0.717, 1.165) is 12.8 Å². The molecular formula is C13H18NO6+. The van der Waals surface area contributed by atoms with Crippen molar-refractivity contribution in [3.05, 3.63) is 29.8 Å². The molecule has 0 aliphatic rings. The maximum atomic E-state index is 11.6. The number of hydrogen-bond acceptors (Lipinski definition) is 5. The summed E-state index contributed by atoms with van der Waals surface area (Å²) in [6, 6.07) is 6.99. The summed E-state index contributed by atoms with van der Waals surface area (Å²) in [5.41, 5.74) is 3.10. The number of carbonyl (C=O) groups excluding carboxylic acids is 1. The van der Waals surface area contributed by atoms with Crippen LogP contribution in [-0.4, -0.2) is 42.5 Å². The van der Waals surface area contributed by atoms with Gasteiger partial charge in [0.05, 0.1) is 20.1 Å². The largest absolute Gasteiger partial charge is 0.479 e. The number of carboxylic acid groups (broad SMARTS) is 1. The Hall–Kier alpha value is -1.96. The summed E-state index contributed by atoms with van der Waals surface area (Å²) in [7, 11) is 2.69. The van der Waals surface area contributed by atoms with Gasteiger partial charge in [-0.25, -0.2) is 9.63 Å². The second kappa shape index (κ2) is 7.59. The molecule has 7 nitrogen and oxygen atoms in total. The van der Waals surface area contributed by atoms with Gasteiger partial charge in [0, 0.05) is 12.1 Å². The van der Waals surface area contributed by atoms with E-state index in [9.17, 15) is 14.7 Å². The van der Waals surface area contributed by atoms with Crippen molar-refractivity contribution in [3.63, 3.8) is 0 Å². The van der Waals surface area contributed by atoms with Crippen molar-refractivity contribution in [2.45, 2.75) is 12.5 Å². The number of hydrogen-bond donors (Lipinski definition) is 3. The standard InChI is InChI=1S/C13H17NO6/c1-19-13(18)10(11(15)12(16)17)7-8-3-5-9(6-4-8)14-20-2/h3-6,10-11,14-15H,7H2,1-2H3,(H,16,17)/p+1/t10-,11?/m1/s1. The normalized spacial score (nSPS) is 13.6. The van der Waals surface area contributed by atoms with E-state index >= 15 is 0 Å². The van der Waals surface area contributed by atoms with E-state index in [-0.39, 0.29) is 6.42 Å². The fourth-order valence-electron chi connectivity index (χ4n) is 1.77. The fourth-order valence-corrected chi connectivity index (χ4v) is 1.77. The van der Waals surface area contributed by atoms with Crippen LogP contribution in [0, 0.1) is 5.92 Å². The van der Waals surface area contributed by atoms with Crippen molar-refractivity contribution in [2.24, 2.45) is 5.92 Å². The van der Waals surface area contributed by atoms with Gasteiger partial charge in [-0.1, -0.05) is 12.1 Å². The van der Waals surface area contributed by atoms with Crippen LogP contribution in [0.5, 0.6) is 0 Å². The minimum absolute atomic E-state index is 0.0768. The highest BCUT2D eigenvalue weighted by Gasteiger charge is 2.33. The highest BCUT2D eigenvalue weighted by molar-refractivity contribution is 5.82. The molecule has 2 atom stereocenters. The van der Waals surface area contributed by atoms with E-state index in [2.05, 4.69) is 4.74 Å². The van der Waals surface area contributed by atoms with Gasteiger partial charge in [-0.3, -0.25) is 4.79 Å². The molecule has 0 aliphatic carbocycles. The smallest absolute Gasteiger partial charge is 0.333 e. The lowest BCUT2D eigenvalue weighted by Crippen LogP contribution is -2.75. The second-order valence-corrected chi connectivity index (χ2v) is 4.21. The van der Waals surface area contributed by atoms with E-state index in [1.54, 1.807) is 29.7 Å². The van der Waals surface area contributed by atoms with Gasteiger partial charge >= 0.3 is 11.9 Å². The van der Waals surface area contributed by atoms with Crippen LogP contribution >= 0.6 is 0 Å². The van der Waals surface area contributed by atoms with E-state index in [4.69, 9.17) is 9.94 Å². The molecule has 4 N–H and O–H groups in total. The molecule has 7 heteroatoms. The quantitative estimate of drug-likeness (QED) is 0.344. The second-order valence-electron chi connectivity index (χ2n) is 4.21. The molecule has 0 heterocycles. The first-order valence-electron chi connectivity index (χ1n) is 5.93. The zero-order valence-electron chi connectivity index (χ0n) is 11.3. The summed E-state index contributed by atoms with van der Waals surface area (Å²) >= 11 is 0. The van der Waals surface area contributed by atoms with Gasteiger partial charge in [-0.15, -0.1) is 0 Å². The monoisotopic (exact) mass is 284 g/mol. The average Bonchev–Trinajstić information content (AvgIpc) is 2.45. The molecule has 0 spiro atoms. The van der Waals surface area contributed by atoms with Crippen LogP contribution in [0.4, 0.5) is 5.69 Å². The van der Waals surface area contributed by atoms with Crippen LogP contribution in [0.25, 0.3) is 0 Å². The predicted octanol–water partition coefficient (Wildman–Crippen LogP) is -0.780. The zero-order chi connectivity index (χ0) is 15.1. The van der Waals surface area contributed by atoms with Gasteiger partial charge in [0.2, 0.25) is 0 Å². The summed E-state index contributed by atoms with van der Waals surface area (Å²) in [6.07, 6.45) is -1.72. The number of quaternary nitrogens is 1. The Morgan fingerprint density at radius 2 is 1.85 bits per heavy atom. The predicted molar refractivity (Wildman–Crippen MR) is 67.9 cm³/mol. The topological polar surface area (TPSA) is 110 Å². The molecule has 0 amide bonds. The zero-order valence-corrected chi connectivity index (χ0v) is 11.3. The molecular weight excluding hydrogens is 266 g/mol. The summed E-state index contributed by atoms with van der Waals surface area (Å²) in [5, 5.41) is 18.4. The van der Waals surface area contributed by atoms with E-state index in [0.29, 0.717) is 5.56 Å². The van der Waals surface area contributed by atoms with Crippen LogP contribution in [0.3, 0.4) is 0 Å². The molecule has 0 saturated heterocycles. The van der Waals surface area contributed by atoms with Crippen molar-refractivity contribution in [2.75, 3.05) is 14.2 Å². The number of benzene rings is 1. The Bertz CT molecular complexity index is 458. The lowest BCUT2D eigenvalue weighted by Gasteiger charge is -2.17. The lowest BCUT2D eigenvalue weighted by atomic mass is 9.94. The van der Waals surface area contributed by atoms with Crippen molar-refractivity contribution in [1.82, 2.24) is 0 Å². The summed E-state index contributed by atoms with van der Waals surface area (Å²) in [5.74, 6) is -3.35. The van der Waals surface area contributed by atoms with Crippen molar-refractivity contribution in [1.29, 1.82) is 0 Å². The Labute approximate surface area is 116 Å². The minimum atomic E-state index is -1.80. The van der Waals surface area contributed by atoms with Crippen LogP contribution in [0.15, 0.2) is 24.3 Å². The number of aliphatic carboxylic acids is 1. The molecule has 1 aromatic carbocycles. The number of aliphatic hydroxyl groups excluding tert-OH is 1. The third-order valence-electron chi connectivity index (χ3n) is 2.83. The molecule has 1 rings (SSSR count). The first-order valence-corrected chi connectivity index (χ1v) is 5.93.